The van der Waals surface area contributed by atoms with E-state index in [1.54, 1.807) is 20.8 Å². The van der Waals surface area contributed by atoms with Crippen molar-refractivity contribution in [3.05, 3.63) is 16.0 Å². The van der Waals surface area contributed by atoms with E-state index in [4.69, 9.17) is 10.8 Å². The molecule has 0 aromatic carbocycles. The molecule has 1 atom stereocenters. The Labute approximate surface area is 120 Å². The molecule has 0 saturated carbocycles. The zero-order chi connectivity index (χ0) is 15.4. The second-order valence-corrected chi connectivity index (χ2v) is 5.69. The molecule has 1 heterocycles. The van der Waals surface area contributed by atoms with Gasteiger partial charge in [-0.2, -0.15) is 0 Å². The van der Waals surface area contributed by atoms with Crippen LogP contribution in [-0.4, -0.2) is 29.1 Å². The van der Waals surface area contributed by atoms with Crippen LogP contribution in [0.1, 0.15) is 34.1 Å². The smallest absolute Gasteiger partial charge is 0.338 e. The number of urea groups is 1. The van der Waals surface area contributed by atoms with E-state index in [1.165, 1.54) is 11.3 Å². The molecule has 3 amide bonds. The van der Waals surface area contributed by atoms with Crippen LogP contribution in [-0.2, 0) is 4.79 Å². The van der Waals surface area contributed by atoms with E-state index >= 15 is 0 Å². The first-order chi connectivity index (χ1) is 9.22. The molecule has 1 aromatic heterocycles. The van der Waals surface area contributed by atoms with Gasteiger partial charge in [-0.1, -0.05) is 0 Å². The average Bonchev–Trinajstić information content (AvgIpc) is 2.52. The van der Waals surface area contributed by atoms with Crippen LogP contribution in [0.25, 0.3) is 0 Å². The number of aryl methyl sites for hydroxylation is 1. The van der Waals surface area contributed by atoms with Crippen LogP contribution in [0.3, 0.4) is 0 Å². The SMILES string of the molecule is Cc1sc(NC(=O)NC(C)CC(N)=O)c(C(=O)O)c1C. The van der Waals surface area contributed by atoms with Gasteiger partial charge in [-0.3, -0.25) is 10.1 Å². The van der Waals surface area contributed by atoms with Crippen LogP contribution in [0.15, 0.2) is 0 Å². The van der Waals surface area contributed by atoms with Gasteiger partial charge in [0, 0.05) is 17.3 Å². The summed E-state index contributed by atoms with van der Waals surface area (Å²) < 4.78 is 0. The summed E-state index contributed by atoms with van der Waals surface area (Å²) in [6, 6.07) is -0.995. The van der Waals surface area contributed by atoms with Crippen molar-refractivity contribution in [2.45, 2.75) is 33.2 Å². The molecule has 20 heavy (non-hydrogen) atoms. The van der Waals surface area contributed by atoms with Gasteiger partial charge in [0.2, 0.25) is 5.91 Å². The predicted molar refractivity (Wildman–Crippen MR) is 76.2 cm³/mol. The molecule has 5 N–H and O–H groups in total. The maximum absolute atomic E-state index is 11.7. The lowest BCUT2D eigenvalue weighted by molar-refractivity contribution is -0.118. The largest absolute Gasteiger partial charge is 0.478 e. The third-order valence-electron chi connectivity index (χ3n) is 2.71. The van der Waals surface area contributed by atoms with Gasteiger partial charge >= 0.3 is 12.0 Å². The lowest BCUT2D eigenvalue weighted by Crippen LogP contribution is -2.38. The Morgan fingerprint density at radius 2 is 1.95 bits per heavy atom. The van der Waals surface area contributed by atoms with Gasteiger partial charge in [0.25, 0.3) is 0 Å². The van der Waals surface area contributed by atoms with E-state index in [0.29, 0.717) is 5.56 Å². The molecule has 0 spiro atoms. The molecule has 0 bridgehead atoms. The van der Waals surface area contributed by atoms with Gasteiger partial charge < -0.3 is 16.2 Å². The molecule has 1 rings (SSSR count). The summed E-state index contributed by atoms with van der Waals surface area (Å²) in [6.45, 7) is 5.10. The molecule has 110 valence electrons. The summed E-state index contributed by atoms with van der Waals surface area (Å²) in [7, 11) is 0. The lowest BCUT2D eigenvalue weighted by atomic mass is 10.1. The van der Waals surface area contributed by atoms with Crippen molar-refractivity contribution in [3.8, 4) is 0 Å². The molecule has 0 aliphatic carbocycles. The van der Waals surface area contributed by atoms with Crippen molar-refractivity contribution in [1.82, 2.24) is 5.32 Å². The first-order valence-electron chi connectivity index (χ1n) is 5.91. The fraction of sp³-hybridized carbons (Fsp3) is 0.417. The minimum Gasteiger partial charge on any atom is -0.478 e. The first kappa shape index (κ1) is 16.0. The van der Waals surface area contributed by atoms with Crippen molar-refractivity contribution in [2.75, 3.05) is 5.32 Å². The van der Waals surface area contributed by atoms with Crippen molar-refractivity contribution in [2.24, 2.45) is 5.73 Å². The number of carbonyl (C=O) groups excluding carboxylic acids is 2. The highest BCUT2D eigenvalue weighted by atomic mass is 32.1. The maximum Gasteiger partial charge on any atom is 0.338 e. The first-order valence-corrected chi connectivity index (χ1v) is 6.73. The van der Waals surface area contributed by atoms with E-state index in [2.05, 4.69) is 10.6 Å². The topological polar surface area (TPSA) is 122 Å². The van der Waals surface area contributed by atoms with E-state index < -0.39 is 23.9 Å². The number of thiophene rings is 1. The number of amides is 3. The summed E-state index contributed by atoms with van der Waals surface area (Å²) in [6.07, 6.45) is 0.0156. The molecule has 1 aromatic rings. The third-order valence-corrected chi connectivity index (χ3v) is 3.83. The lowest BCUT2D eigenvalue weighted by Gasteiger charge is -2.12. The zero-order valence-corrected chi connectivity index (χ0v) is 12.3. The fourth-order valence-electron chi connectivity index (χ4n) is 1.69. The summed E-state index contributed by atoms with van der Waals surface area (Å²) in [5.74, 6) is -1.61. The van der Waals surface area contributed by atoms with Gasteiger partial charge in [-0.05, 0) is 26.3 Å². The van der Waals surface area contributed by atoms with Gasteiger partial charge in [0.15, 0.2) is 0 Å². The Hall–Kier alpha value is -2.09. The quantitative estimate of drug-likeness (QED) is 0.657. The Morgan fingerprint density at radius 1 is 1.35 bits per heavy atom. The summed E-state index contributed by atoms with van der Waals surface area (Å²) >= 11 is 1.19. The number of hydrogen-bond acceptors (Lipinski definition) is 4. The van der Waals surface area contributed by atoms with Crippen LogP contribution in [0, 0.1) is 13.8 Å². The fourth-order valence-corrected chi connectivity index (χ4v) is 2.74. The highest BCUT2D eigenvalue weighted by Gasteiger charge is 2.20. The molecule has 7 nitrogen and oxygen atoms in total. The Balaban J connectivity index is 2.79. The average molecular weight is 299 g/mol. The number of nitrogens with two attached hydrogens (primary N) is 1. The van der Waals surface area contributed by atoms with Gasteiger partial charge in [0.1, 0.15) is 5.00 Å². The summed E-state index contributed by atoms with van der Waals surface area (Å²) in [5, 5.41) is 14.4. The number of carboxylic acids is 1. The highest BCUT2D eigenvalue weighted by Crippen LogP contribution is 2.32. The van der Waals surface area contributed by atoms with Crippen LogP contribution >= 0.6 is 11.3 Å². The molecule has 0 radical (unpaired) electrons. The number of primary amides is 1. The number of rotatable bonds is 5. The van der Waals surface area contributed by atoms with E-state index in [9.17, 15) is 14.4 Å². The highest BCUT2D eigenvalue weighted by molar-refractivity contribution is 7.16. The van der Waals surface area contributed by atoms with Crippen molar-refractivity contribution >= 4 is 34.2 Å². The Kier molecular flexibility index (Phi) is 5.09. The number of aromatic carboxylic acids is 1. The Morgan fingerprint density at radius 3 is 2.45 bits per heavy atom. The molecule has 0 fully saturated rings. The van der Waals surface area contributed by atoms with Crippen LogP contribution < -0.4 is 16.4 Å². The number of carboxylic acid groups (broad SMARTS) is 1. The minimum absolute atomic E-state index is 0.0156. The molecule has 0 aliphatic heterocycles. The van der Waals surface area contributed by atoms with Gasteiger partial charge in [0.05, 0.1) is 5.56 Å². The predicted octanol–water partition coefficient (Wildman–Crippen LogP) is 1.45. The number of nitrogens with one attached hydrogen (secondary N) is 2. The van der Waals surface area contributed by atoms with E-state index in [0.717, 1.165) is 4.88 Å². The monoisotopic (exact) mass is 299 g/mol. The molecule has 8 heteroatoms. The standard InChI is InChI=1S/C12H17N3O4S/c1-5(4-8(13)16)14-12(19)15-10-9(11(17)18)6(2)7(3)20-10/h5H,4H2,1-3H3,(H2,13,16)(H,17,18)(H2,14,15,19). The summed E-state index contributed by atoms with van der Waals surface area (Å²) in [5.41, 5.74) is 5.74. The van der Waals surface area contributed by atoms with Crippen molar-refractivity contribution < 1.29 is 19.5 Å². The third kappa shape index (κ3) is 3.95. The Bertz CT molecular complexity index is 553. The van der Waals surface area contributed by atoms with E-state index in [1.807, 2.05) is 0 Å². The second kappa shape index (κ2) is 6.38. The maximum atomic E-state index is 11.7. The molecule has 0 saturated heterocycles. The zero-order valence-electron chi connectivity index (χ0n) is 11.4. The molecule has 0 aliphatic rings. The molecular formula is C12H17N3O4S. The van der Waals surface area contributed by atoms with Crippen molar-refractivity contribution in [1.29, 1.82) is 0 Å². The van der Waals surface area contributed by atoms with Gasteiger partial charge in [-0.25, -0.2) is 9.59 Å². The van der Waals surface area contributed by atoms with Crippen LogP contribution in [0.5, 0.6) is 0 Å². The number of anilines is 1. The number of carbonyl (C=O) groups is 3. The minimum atomic E-state index is -1.09. The molecule has 1 unspecified atom stereocenters. The van der Waals surface area contributed by atoms with Crippen LogP contribution in [0.4, 0.5) is 9.80 Å². The van der Waals surface area contributed by atoms with Crippen LogP contribution in [0.2, 0.25) is 0 Å². The van der Waals surface area contributed by atoms with Crippen molar-refractivity contribution in [3.63, 3.8) is 0 Å². The normalized spacial score (nSPS) is 11.8. The summed E-state index contributed by atoms with van der Waals surface area (Å²) in [4.78, 5) is 34.5. The molecular weight excluding hydrogens is 282 g/mol. The second-order valence-electron chi connectivity index (χ2n) is 4.46. The van der Waals surface area contributed by atoms with E-state index in [-0.39, 0.29) is 17.0 Å². The van der Waals surface area contributed by atoms with Gasteiger partial charge in [-0.15, -0.1) is 11.3 Å². The number of hydrogen-bond donors (Lipinski definition) is 4.